The maximum Gasteiger partial charge on any atom is 0.256 e. The van der Waals surface area contributed by atoms with Gasteiger partial charge in [0.05, 0.1) is 11.3 Å². The number of nitrogens with zero attached hydrogens (tertiary/aromatic N) is 1. The fraction of sp³-hybridized carbons (Fsp3) is 0.263. The first-order valence-corrected chi connectivity index (χ1v) is 8.11. The fourth-order valence-corrected chi connectivity index (χ4v) is 2.98. The molecule has 5 heteroatoms. The van der Waals surface area contributed by atoms with E-state index in [-0.39, 0.29) is 17.9 Å². The topological polar surface area (TPSA) is 61.4 Å². The lowest BCUT2D eigenvalue weighted by Crippen LogP contribution is -2.37. The van der Waals surface area contributed by atoms with Gasteiger partial charge in [0.15, 0.2) is 0 Å². The van der Waals surface area contributed by atoms with Crippen LogP contribution in [0.25, 0.3) is 0 Å². The lowest BCUT2D eigenvalue weighted by atomic mass is 10.1. The minimum absolute atomic E-state index is 0.0121. The van der Waals surface area contributed by atoms with Gasteiger partial charge in [-0.15, -0.1) is 0 Å². The van der Waals surface area contributed by atoms with E-state index in [9.17, 15) is 9.59 Å². The van der Waals surface area contributed by atoms with Crippen molar-refractivity contribution in [1.29, 1.82) is 0 Å². The highest BCUT2D eigenvalue weighted by Gasteiger charge is 2.28. The Bertz CT molecular complexity index is 730. The number of likely N-dealkylation sites (tertiary alicyclic amines) is 1. The maximum atomic E-state index is 12.9. The number of anilines is 2. The first-order chi connectivity index (χ1) is 11.6. The molecule has 0 aromatic heterocycles. The highest BCUT2D eigenvalue weighted by atomic mass is 16.2. The van der Waals surface area contributed by atoms with Gasteiger partial charge < -0.3 is 15.5 Å². The van der Waals surface area contributed by atoms with Gasteiger partial charge in [-0.2, -0.15) is 0 Å². The van der Waals surface area contributed by atoms with Crippen LogP contribution in [0.4, 0.5) is 11.4 Å². The van der Waals surface area contributed by atoms with Crippen LogP contribution in [0, 0.1) is 0 Å². The normalized spacial score (nSPS) is 16.7. The van der Waals surface area contributed by atoms with E-state index in [1.807, 2.05) is 54.6 Å². The average molecular weight is 323 g/mol. The molecule has 0 spiro atoms. The second-order valence-electron chi connectivity index (χ2n) is 5.97. The van der Waals surface area contributed by atoms with E-state index in [2.05, 4.69) is 10.6 Å². The molecule has 0 bridgehead atoms. The van der Waals surface area contributed by atoms with Gasteiger partial charge in [-0.3, -0.25) is 9.59 Å². The third-order valence-electron chi connectivity index (χ3n) is 4.09. The molecule has 2 amide bonds. The second-order valence-corrected chi connectivity index (χ2v) is 5.97. The van der Waals surface area contributed by atoms with Crippen LogP contribution >= 0.6 is 0 Å². The number of rotatable bonds is 4. The van der Waals surface area contributed by atoms with Crippen LogP contribution in [0.2, 0.25) is 0 Å². The standard InChI is InChI=1S/C19H21N3O2/c1-14(23)20-16-11-12-22(13-16)19(24)17-9-5-6-10-18(17)21-15-7-3-2-4-8-15/h2-10,16,21H,11-13H2,1H3,(H,20,23). The zero-order valence-electron chi connectivity index (χ0n) is 13.7. The predicted octanol–water partition coefficient (Wildman–Crippen LogP) is 2.78. The molecule has 24 heavy (non-hydrogen) atoms. The van der Waals surface area contributed by atoms with E-state index in [0.717, 1.165) is 17.8 Å². The number of carbonyl (C=O) groups excluding carboxylic acids is 2. The summed E-state index contributed by atoms with van der Waals surface area (Å²) in [6, 6.07) is 17.3. The zero-order valence-corrected chi connectivity index (χ0v) is 13.7. The Labute approximate surface area is 141 Å². The van der Waals surface area contributed by atoms with E-state index in [4.69, 9.17) is 0 Å². The summed E-state index contributed by atoms with van der Waals surface area (Å²) in [5, 5.41) is 6.19. The van der Waals surface area contributed by atoms with Crippen molar-refractivity contribution in [2.24, 2.45) is 0 Å². The Balaban J connectivity index is 1.75. The molecule has 0 radical (unpaired) electrons. The Hall–Kier alpha value is -2.82. The molecule has 3 rings (SSSR count). The first kappa shape index (κ1) is 16.1. The molecule has 1 aliphatic rings. The smallest absolute Gasteiger partial charge is 0.256 e. The molecule has 2 aromatic rings. The third-order valence-corrected chi connectivity index (χ3v) is 4.09. The summed E-state index contributed by atoms with van der Waals surface area (Å²) >= 11 is 0. The summed E-state index contributed by atoms with van der Waals surface area (Å²) in [5.74, 6) is -0.0673. The minimum Gasteiger partial charge on any atom is -0.355 e. The molecule has 1 unspecified atom stereocenters. The monoisotopic (exact) mass is 323 g/mol. The van der Waals surface area contributed by atoms with Crippen molar-refractivity contribution in [3.63, 3.8) is 0 Å². The van der Waals surface area contributed by atoms with Gasteiger partial charge in [0.1, 0.15) is 0 Å². The summed E-state index contributed by atoms with van der Waals surface area (Å²) in [6.07, 6.45) is 0.791. The molecule has 2 N–H and O–H groups in total. The first-order valence-electron chi connectivity index (χ1n) is 8.11. The van der Waals surface area contributed by atoms with Crippen molar-refractivity contribution in [2.75, 3.05) is 18.4 Å². The Morgan fingerprint density at radius 1 is 1.04 bits per heavy atom. The molecule has 0 saturated carbocycles. The molecule has 124 valence electrons. The summed E-state index contributed by atoms with van der Waals surface area (Å²) < 4.78 is 0. The Morgan fingerprint density at radius 3 is 2.50 bits per heavy atom. The van der Waals surface area contributed by atoms with E-state index in [1.165, 1.54) is 6.92 Å². The van der Waals surface area contributed by atoms with E-state index >= 15 is 0 Å². The molecule has 2 aromatic carbocycles. The number of para-hydroxylation sites is 2. The van der Waals surface area contributed by atoms with Gasteiger partial charge >= 0.3 is 0 Å². The van der Waals surface area contributed by atoms with E-state index < -0.39 is 0 Å². The van der Waals surface area contributed by atoms with Crippen molar-refractivity contribution in [3.8, 4) is 0 Å². The van der Waals surface area contributed by atoms with Crippen LogP contribution in [-0.2, 0) is 4.79 Å². The van der Waals surface area contributed by atoms with Crippen molar-refractivity contribution in [3.05, 3.63) is 60.2 Å². The third kappa shape index (κ3) is 3.74. The van der Waals surface area contributed by atoms with Gasteiger partial charge in [0, 0.05) is 31.7 Å². The van der Waals surface area contributed by atoms with Crippen LogP contribution in [-0.4, -0.2) is 35.8 Å². The van der Waals surface area contributed by atoms with Crippen molar-refractivity contribution in [2.45, 2.75) is 19.4 Å². The van der Waals surface area contributed by atoms with E-state index in [0.29, 0.717) is 18.7 Å². The second kappa shape index (κ2) is 7.17. The van der Waals surface area contributed by atoms with Gasteiger partial charge in [-0.1, -0.05) is 30.3 Å². The number of benzene rings is 2. The van der Waals surface area contributed by atoms with Crippen LogP contribution < -0.4 is 10.6 Å². The highest BCUT2D eigenvalue weighted by molar-refractivity contribution is 6.00. The maximum absolute atomic E-state index is 12.9. The summed E-state index contributed by atoms with van der Waals surface area (Å²) in [6.45, 7) is 2.71. The number of carbonyl (C=O) groups is 2. The highest BCUT2D eigenvalue weighted by Crippen LogP contribution is 2.23. The molecule has 1 heterocycles. The molecule has 5 nitrogen and oxygen atoms in total. The SMILES string of the molecule is CC(=O)NC1CCN(C(=O)c2ccccc2Nc2ccccc2)C1. The molecular formula is C19H21N3O2. The fourth-order valence-electron chi connectivity index (χ4n) is 2.98. The largest absolute Gasteiger partial charge is 0.355 e. The summed E-state index contributed by atoms with van der Waals surface area (Å²) in [5.41, 5.74) is 2.37. The van der Waals surface area contributed by atoms with Crippen molar-refractivity contribution >= 4 is 23.2 Å². The van der Waals surface area contributed by atoms with Gasteiger partial charge in [-0.05, 0) is 30.7 Å². The number of nitrogens with one attached hydrogen (secondary N) is 2. The lowest BCUT2D eigenvalue weighted by Gasteiger charge is -2.19. The summed E-state index contributed by atoms with van der Waals surface area (Å²) in [4.78, 5) is 25.8. The molecule has 1 saturated heterocycles. The number of hydrogen-bond donors (Lipinski definition) is 2. The van der Waals surface area contributed by atoms with E-state index in [1.54, 1.807) is 4.90 Å². The molecule has 1 atom stereocenters. The van der Waals surface area contributed by atoms with Crippen LogP contribution in [0.3, 0.4) is 0 Å². The lowest BCUT2D eigenvalue weighted by molar-refractivity contribution is -0.119. The van der Waals surface area contributed by atoms with Gasteiger partial charge in [-0.25, -0.2) is 0 Å². The number of amides is 2. The molecule has 1 fully saturated rings. The quantitative estimate of drug-likeness (QED) is 0.909. The van der Waals surface area contributed by atoms with Crippen molar-refractivity contribution in [1.82, 2.24) is 10.2 Å². The van der Waals surface area contributed by atoms with Crippen LogP contribution in [0.15, 0.2) is 54.6 Å². The molecule has 1 aliphatic heterocycles. The minimum atomic E-state index is -0.0551. The van der Waals surface area contributed by atoms with Crippen molar-refractivity contribution < 1.29 is 9.59 Å². The van der Waals surface area contributed by atoms with Gasteiger partial charge in [0.2, 0.25) is 5.91 Å². The Kier molecular flexibility index (Phi) is 4.79. The predicted molar refractivity (Wildman–Crippen MR) is 94.3 cm³/mol. The number of hydrogen-bond acceptors (Lipinski definition) is 3. The average Bonchev–Trinajstić information content (AvgIpc) is 3.03. The molecule has 0 aliphatic carbocycles. The van der Waals surface area contributed by atoms with Gasteiger partial charge in [0.25, 0.3) is 5.91 Å². The summed E-state index contributed by atoms with van der Waals surface area (Å²) in [7, 11) is 0. The van der Waals surface area contributed by atoms with Crippen LogP contribution in [0.1, 0.15) is 23.7 Å². The Morgan fingerprint density at radius 2 is 1.75 bits per heavy atom. The van der Waals surface area contributed by atoms with Crippen LogP contribution in [0.5, 0.6) is 0 Å². The molecular weight excluding hydrogens is 302 g/mol. The zero-order chi connectivity index (χ0) is 16.9.